The van der Waals surface area contributed by atoms with Crippen molar-refractivity contribution in [2.45, 2.75) is 63.7 Å². The molecule has 0 aromatic carbocycles. The van der Waals surface area contributed by atoms with E-state index in [1.54, 1.807) is 0 Å². The molecule has 0 amide bonds. The molecule has 0 saturated heterocycles. The Morgan fingerprint density at radius 2 is 1.08 bits per heavy atom. The summed E-state index contributed by atoms with van der Waals surface area (Å²) in [5.74, 6) is -4.43. The zero-order valence-corrected chi connectivity index (χ0v) is 13.7. The molecule has 0 aromatic heterocycles. The van der Waals surface area contributed by atoms with E-state index in [0.29, 0.717) is 0 Å². The van der Waals surface area contributed by atoms with Gasteiger partial charge in [-0.25, -0.2) is 0 Å². The van der Waals surface area contributed by atoms with Crippen molar-refractivity contribution in [2.24, 2.45) is 23.7 Å². The molecule has 25 heavy (non-hydrogen) atoms. The molecular formula is C17H22F6O2. The van der Waals surface area contributed by atoms with Crippen LogP contribution in [-0.4, -0.2) is 23.2 Å². The molecule has 2 nitrogen and oxygen atoms in total. The van der Waals surface area contributed by atoms with Gasteiger partial charge in [-0.05, 0) is 51.4 Å². The highest BCUT2D eigenvalue weighted by atomic mass is 19.4. The Balaban J connectivity index is 1.85. The van der Waals surface area contributed by atoms with Gasteiger partial charge in [-0.1, -0.05) is 0 Å². The van der Waals surface area contributed by atoms with E-state index < -0.39 is 41.8 Å². The molecule has 0 spiro atoms. The number of hydrogen-bond acceptors (Lipinski definition) is 2. The second-order valence-electron chi connectivity index (χ2n) is 7.15. The molecule has 0 aromatic rings. The summed E-state index contributed by atoms with van der Waals surface area (Å²) in [6.07, 6.45) is -7.30. The quantitative estimate of drug-likeness (QED) is 0.390. The highest BCUT2D eigenvalue weighted by Crippen LogP contribution is 2.42. The van der Waals surface area contributed by atoms with E-state index in [4.69, 9.17) is 0 Å². The Labute approximate surface area is 142 Å². The van der Waals surface area contributed by atoms with Crippen molar-refractivity contribution in [2.75, 3.05) is 0 Å². The zero-order valence-electron chi connectivity index (χ0n) is 13.7. The van der Waals surface area contributed by atoms with Crippen molar-refractivity contribution >= 4 is 5.78 Å². The second kappa shape index (κ2) is 7.58. The number of aliphatic hydroxyl groups is 1. The number of alkyl halides is 6. The monoisotopic (exact) mass is 372 g/mol. The third-order valence-electron chi connectivity index (χ3n) is 5.49. The van der Waals surface area contributed by atoms with Gasteiger partial charge < -0.3 is 5.11 Å². The number of hydrogen-bond donors (Lipinski definition) is 1. The van der Waals surface area contributed by atoms with Gasteiger partial charge in [-0.2, -0.15) is 26.3 Å². The lowest BCUT2D eigenvalue weighted by Crippen LogP contribution is -2.30. The fourth-order valence-electron chi connectivity index (χ4n) is 3.80. The minimum Gasteiger partial charge on any atom is -0.512 e. The molecule has 2 aliphatic carbocycles. The lowest BCUT2D eigenvalue weighted by molar-refractivity contribution is -0.184. The maximum Gasteiger partial charge on any atom is 0.391 e. The molecular weight excluding hydrogens is 350 g/mol. The fourth-order valence-corrected chi connectivity index (χ4v) is 3.80. The van der Waals surface area contributed by atoms with Crippen LogP contribution in [0.2, 0.25) is 0 Å². The summed E-state index contributed by atoms with van der Waals surface area (Å²) < 4.78 is 75.7. The summed E-state index contributed by atoms with van der Waals surface area (Å²) >= 11 is 0. The minimum absolute atomic E-state index is 0.0864. The molecule has 0 aliphatic heterocycles. The summed E-state index contributed by atoms with van der Waals surface area (Å²) in [4.78, 5) is 12.1. The molecule has 8 heteroatoms. The Morgan fingerprint density at radius 3 is 1.44 bits per heavy atom. The third kappa shape index (κ3) is 5.38. The van der Waals surface area contributed by atoms with E-state index >= 15 is 0 Å². The van der Waals surface area contributed by atoms with Gasteiger partial charge in [-0.3, -0.25) is 4.79 Å². The molecule has 2 aliphatic rings. The summed E-state index contributed by atoms with van der Waals surface area (Å²) in [6.45, 7) is 0. The Hall–Kier alpha value is -1.21. The van der Waals surface area contributed by atoms with E-state index in [-0.39, 0.29) is 57.1 Å². The van der Waals surface area contributed by atoms with Gasteiger partial charge in [-0.15, -0.1) is 0 Å². The minimum atomic E-state index is -4.25. The summed E-state index contributed by atoms with van der Waals surface area (Å²) in [7, 11) is 0. The largest absolute Gasteiger partial charge is 0.512 e. The number of allylic oxidation sites excluding steroid dienone is 2. The summed E-state index contributed by atoms with van der Waals surface area (Å²) in [5, 5.41) is 10.0. The first-order valence-electron chi connectivity index (χ1n) is 8.56. The van der Waals surface area contributed by atoms with Crippen molar-refractivity contribution in [3.05, 3.63) is 11.8 Å². The molecule has 144 valence electrons. The van der Waals surface area contributed by atoms with Gasteiger partial charge in [0.15, 0.2) is 5.78 Å². The van der Waals surface area contributed by atoms with Crippen LogP contribution in [0.1, 0.15) is 51.4 Å². The smallest absolute Gasteiger partial charge is 0.391 e. The first-order valence-corrected chi connectivity index (χ1v) is 8.56. The first-order chi connectivity index (χ1) is 11.5. The molecule has 0 unspecified atom stereocenters. The molecule has 1 N–H and O–H groups in total. The van der Waals surface area contributed by atoms with Gasteiger partial charge in [0, 0.05) is 17.9 Å². The van der Waals surface area contributed by atoms with Crippen LogP contribution < -0.4 is 0 Å². The number of aliphatic hydroxyl groups excluding tert-OH is 1. The predicted octanol–water partition coefficient (Wildman–Crippen LogP) is 5.73. The van der Waals surface area contributed by atoms with Crippen LogP contribution >= 0.6 is 0 Å². The van der Waals surface area contributed by atoms with Crippen LogP contribution in [0.5, 0.6) is 0 Å². The molecule has 2 rings (SSSR count). The summed E-state index contributed by atoms with van der Waals surface area (Å²) in [5.41, 5.74) is 0. The van der Waals surface area contributed by atoms with Gasteiger partial charge in [0.1, 0.15) is 0 Å². The van der Waals surface area contributed by atoms with Crippen LogP contribution in [0, 0.1) is 23.7 Å². The number of halogens is 6. The second-order valence-corrected chi connectivity index (χ2v) is 7.15. The average molecular weight is 372 g/mol. The van der Waals surface area contributed by atoms with Gasteiger partial charge in [0.05, 0.1) is 17.6 Å². The topological polar surface area (TPSA) is 37.3 Å². The molecule has 2 fully saturated rings. The van der Waals surface area contributed by atoms with E-state index in [1.807, 2.05) is 0 Å². The highest BCUT2D eigenvalue weighted by Gasteiger charge is 2.43. The Morgan fingerprint density at radius 1 is 0.720 bits per heavy atom. The molecule has 0 atom stereocenters. The van der Waals surface area contributed by atoms with Gasteiger partial charge in [0.25, 0.3) is 0 Å². The van der Waals surface area contributed by atoms with Gasteiger partial charge >= 0.3 is 12.4 Å². The van der Waals surface area contributed by atoms with E-state index in [0.717, 1.165) is 6.08 Å². The van der Waals surface area contributed by atoms with E-state index in [1.165, 1.54) is 0 Å². The lowest BCUT2D eigenvalue weighted by atomic mass is 9.78. The Kier molecular flexibility index (Phi) is 6.09. The zero-order chi connectivity index (χ0) is 18.8. The van der Waals surface area contributed by atoms with Crippen molar-refractivity contribution in [3.63, 3.8) is 0 Å². The van der Waals surface area contributed by atoms with E-state index in [9.17, 15) is 36.2 Å². The standard InChI is InChI=1S/C17H22F6O2/c18-16(19,20)12-5-1-10(2-6-12)14(24)9-15(25)11-3-7-13(8-4-11)17(21,22)23/h9-13,24H,1-8H2/b14-9-. The maximum absolute atomic E-state index is 12.6. The van der Waals surface area contributed by atoms with Crippen LogP contribution in [0.25, 0.3) is 0 Å². The number of ketones is 1. The predicted molar refractivity (Wildman–Crippen MR) is 78.7 cm³/mol. The molecule has 0 radical (unpaired) electrons. The number of carbonyl (C=O) groups is 1. The van der Waals surface area contributed by atoms with Gasteiger partial charge in [0.2, 0.25) is 0 Å². The fraction of sp³-hybridized carbons (Fsp3) is 0.824. The van der Waals surface area contributed by atoms with E-state index in [2.05, 4.69) is 0 Å². The third-order valence-corrected chi connectivity index (χ3v) is 5.49. The molecule has 0 bridgehead atoms. The van der Waals surface area contributed by atoms with Crippen molar-refractivity contribution in [1.82, 2.24) is 0 Å². The van der Waals surface area contributed by atoms with Crippen molar-refractivity contribution in [3.8, 4) is 0 Å². The number of carbonyl (C=O) groups excluding carboxylic acids is 1. The summed E-state index contributed by atoms with van der Waals surface area (Å²) in [6, 6.07) is 0. The van der Waals surface area contributed by atoms with Crippen LogP contribution in [-0.2, 0) is 4.79 Å². The van der Waals surface area contributed by atoms with Crippen LogP contribution in [0.3, 0.4) is 0 Å². The lowest BCUT2D eigenvalue weighted by Gasteiger charge is -2.30. The van der Waals surface area contributed by atoms with Crippen molar-refractivity contribution in [1.29, 1.82) is 0 Å². The number of rotatable bonds is 3. The van der Waals surface area contributed by atoms with Crippen LogP contribution in [0.4, 0.5) is 26.3 Å². The normalized spacial score (nSPS) is 32.5. The average Bonchev–Trinajstić information content (AvgIpc) is 2.53. The van der Waals surface area contributed by atoms with Crippen molar-refractivity contribution < 1.29 is 36.2 Å². The molecule has 2 saturated carbocycles. The van der Waals surface area contributed by atoms with Crippen LogP contribution in [0.15, 0.2) is 11.8 Å². The Bertz CT molecular complexity index is 492. The SMILES string of the molecule is O=C(/C=C(\O)C1CCC(C(F)(F)F)CC1)C1CCC(C(F)(F)F)CC1. The molecule has 0 heterocycles. The maximum atomic E-state index is 12.6. The first kappa shape index (κ1) is 20.1. The highest BCUT2D eigenvalue weighted by molar-refractivity contribution is 5.92.